The first kappa shape index (κ1) is 18.2. The molecule has 2 N–H and O–H groups in total. The van der Waals surface area contributed by atoms with Gasteiger partial charge < -0.3 is 10.6 Å². The van der Waals surface area contributed by atoms with Gasteiger partial charge in [0.05, 0.1) is 6.04 Å². The number of tetrazole rings is 1. The highest BCUT2D eigenvalue weighted by Crippen LogP contribution is 2.19. The number of nitrogens with one attached hydrogen (secondary N) is 2. The van der Waals surface area contributed by atoms with Gasteiger partial charge in [0.15, 0.2) is 5.82 Å². The van der Waals surface area contributed by atoms with E-state index >= 15 is 0 Å². The van der Waals surface area contributed by atoms with Gasteiger partial charge in [0.25, 0.3) is 11.8 Å². The van der Waals surface area contributed by atoms with Gasteiger partial charge in [-0.15, -0.1) is 5.10 Å². The Hall–Kier alpha value is -3.55. The van der Waals surface area contributed by atoms with Crippen molar-refractivity contribution in [1.82, 2.24) is 25.5 Å². The standard InChI is InChI=1S/C19H20N6O2/c1-12-9-10-15(19(27)20-13(2)17-22-23-24-25(17)3)11-16(12)21-18(26)14-7-5-4-6-8-14/h4-11,13H,1-3H3,(H,20,27)(H,21,26)/t13-/m0/s1. The van der Waals surface area contributed by atoms with E-state index in [-0.39, 0.29) is 17.9 Å². The highest BCUT2D eigenvalue weighted by Gasteiger charge is 2.17. The van der Waals surface area contributed by atoms with Crippen molar-refractivity contribution in [1.29, 1.82) is 0 Å². The number of benzene rings is 2. The molecule has 0 bridgehead atoms. The molecular formula is C19H20N6O2. The minimum atomic E-state index is -0.360. The maximum Gasteiger partial charge on any atom is 0.255 e. The molecule has 0 saturated carbocycles. The number of carbonyl (C=O) groups is 2. The summed E-state index contributed by atoms with van der Waals surface area (Å²) in [5.41, 5.74) is 2.44. The average molecular weight is 364 g/mol. The lowest BCUT2D eigenvalue weighted by atomic mass is 10.1. The minimum absolute atomic E-state index is 0.227. The van der Waals surface area contributed by atoms with Crippen LogP contribution in [0, 0.1) is 6.92 Å². The van der Waals surface area contributed by atoms with Crippen molar-refractivity contribution in [3.05, 3.63) is 71.0 Å². The van der Waals surface area contributed by atoms with Gasteiger partial charge in [-0.2, -0.15) is 0 Å². The van der Waals surface area contributed by atoms with E-state index in [4.69, 9.17) is 0 Å². The van der Waals surface area contributed by atoms with Crippen molar-refractivity contribution in [2.24, 2.45) is 7.05 Å². The maximum atomic E-state index is 12.6. The molecule has 0 fully saturated rings. The number of hydrogen-bond acceptors (Lipinski definition) is 5. The van der Waals surface area contributed by atoms with E-state index in [1.165, 1.54) is 4.68 Å². The predicted molar refractivity (Wildman–Crippen MR) is 100 cm³/mol. The summed E-state index contributed by atoms with van der Waals surface area (Å²) < 4.78 is 1.51. The van der Waals surface area contributed by atoms with Gasteiger partial charge in [0.1, 0.15) is 0 Å². The topological polar surface area (TPSA) is 102 Å². The second-order valence-electron chi connectivity index (χ2n) is 6.21. The Morgan fingerprint density at radius 1 is 1.04 bits per heavy atom. The zero-order valence-electron chi connectivity index (χ0n) is 15.3. The van der Waals surface area contributed by atoms with Gasteiger partial charge >= 0.3 is 0 Å². The summed E-state index contributed by atoms with van der Waals surface area (Å²) in [5.74, 6) is 0.0450. The van der Waals surface area contributed by atoms with Gasteiger partial charge in [-0.3, -0.25) is 9.59 Å². The fourth-order valence-electron chi connectivity index (χ4n) is 2.63. The molecule has 0 radical (unpaired) electrons. The first-order chi connectivity index (χ1) is 13.0. The van der Waals surface area contributed by atoms with E-state index in [0.29, 0.717) is 22.6 Å². The second kappa shape index (κ2) is 7.77. The molecule has 0 aliphatic carbocycles. The van der Waals surface area contributed by atoms with E-state index < -0.39 is 0 Å². The Bertz CT molecular complexity index is 967. The van der Waals surface area contributed by atoms with Crippen LogP contribution in [0.2, 0.25) is 0 Å². The number of nitrogens with zero attached hydrogens (tertiary/aromatic N) is 4. The molecule has 0 unspecified atom stereocenters. The molecule has 8 nitrogen and oxygen atoms in total. The van der Waals surface area contributed by atoms with Crippen molar-refractivity contribution >= 4 is 17.5 Å². The van der Waals surface area contributed by atoms with Gasteiger partial charge in [-0.25, -0.2) is 4.68 Å². The molecule has 2 aromatic carbocycles. The van der Waals surface area contributed by atoms with Crippen molar-refractivity contribution < 1.29 is 9.59 Å². The highest BCUT2D eigenvalue weighted by atomic mass is 16.2. The molecular weight excluding hydrogens is 344 g/mol. The zero-order chi connectivity index (χ0) is 19.4. The lowest BCUT2D eigenvalue weighted by molar-refractivity contribution is 0.0936. The summed E-state index contributed by atoms with van der Waals surface area (Å²) in [5, 5.41) is 16.9. The lowest BCUT2D eigenvalue weighted by Gasteiger charge is -2.14. The molecule has 138 valence electrons. The Labute approximate surface area is 156 Å². The monoisotopic (exact) mass is 364 g/mol. The third kappa shape index (κ3) is 4.17. The average Bonchev–Trinajstić information content (AvgIpc) is 3.10. The molecule has 8 heteroatoms. The third-order valence-electron chi connectivity index (χ3n) is 4.17. The number of amides is 2. The number of carbonyl (C=O) groups excluding carboxylic acids is 2. The largest absolute Gasteiger partial charge is 0.342 e. The van der Waals surface area contributed by atoms with Crippen molar-refractivity contribution in [2.45, 2.75) is 19.9 Å². The van der Waals surface area contributed by atoms with Crippen LogP contribution < -0.4 is 10.6 Å². The Morgan fingerprint density at radius 3 is 2.44 bits per heavy atom. The molecule has 0 spiro atoms. The zero-order valence-corrected chi connectivity index (χ0v) is 15.3. The Kier molecular flexibility index (Phi) is 5.25. The van der Waals surface area contributed by atoms with E-state index in [2.05, 4.69) is 26.2 Å². The van der Waals surface area contributed by atoms with Crippen molar-refractivity contribution in [3.8, 4) is 0 Å². The fourth-order valence-corrected chi connectivity index (χ4v) is 2.63. The second-order valence-corrected chi connectivity index (χ2v) is 6.21. The van der Waals surface area contributed by atoms with Crippen molar-refractivity contribution in [3.63, 3.8) is 0 Å². The molecule has 27 heavy (non-hydrogen) atoms. The molecule has 1 aromatic heterocycles. The van der Waals surface area contributed by atoms with Crippen LogP contribution in [-0.2, 0) is 7.05 Å². The molecule has 3 aromatic rings. The molecule has 0 saturated heterocycles. The van der Waals surface area contributed by atoms with Crippen LogP contribution in [0.25, 0.3) is 0 Å². The molecule has 3 rings (SSSR count). The van der Waals surface area contributed by atoms with Crippen LogP contribution in [0.3, 0.4) is 0 Å². The number of rotatable bonds is 5. The van der Waals surface area contributed by atoms with Crippen LogP contribution in [-0.4, -0.2) is 32.0 Å². The SMILES string of the molecule is Cc1ccc(C(=O)N[C@@H](C)c2nnnn2C)cc1NC(=O)c1ccccc1. The van der Waals surface area contributed by atoms with Crippen LogP contribution in [0.5, 0.6) is 0 Å². The maximum absolute atomic E-state index is 12.6. The summed E-state index contributed by atoms with van der Waals surface area (Å²) in [4.78, 5) is 25.0. The van der Waals surface area contributed by atoms with Crippen LogP contribution in [0.15, 0.2) is 48.5 Å². The molecule has 2 amide bonds. The first-order valence-electron chi connectivity index (χ1n) is 8.46. The molecule has 1 atom stereocenters. The van der Waals surface area contributed by atoms with Gasteiger partial charge in [0, 0.05) is 23.9 Å². The van der Waals surface area contributed by atoms with Gasteiger partial charge in [-0.05, 0) is 54.1 Å². The van der Waals surface area contributed by atoms with E-state index in [0.717, 1.165) is 5.56 Å². The number of aryl methyl sites for hydroxylation is 2. The van der Waals surface area contributed by atoms with Gasteiger partial charge in [-0.1, -0.05) is 24.3 Å². The quantitative estimate of drug-likeness (QED) is 0.723. The Balaban J connectivity index is 1.75. The summed E-state index contributed by atoms with van der Waals surface area (Å²) in [7, 11) is 1.71. The minimum Gasteiger partial charge on any atom is -0.342 e. The number of anilines is 1. The third-order valence-corrected chi connectivity index (χ3v) is 4.17. The van der Waals surface area contributed by atoms with Crippen LogP contribution in [0.4, 0.5) is 5.69 Å². The van der Waals surface area contributed by atoms with E-state index in [1.807, 2.05) is 13.0 Å². The predicted octanol–water partition coefficient (Wildman–Crippen LogP) is 2.26. The molecule has 0 aliphatic rings. The number of hydrogen-bond donors (Lipinski definition) is 2. The molecule has 1 heterocycles. The van der Waals surface area contributed by atoms with Crippen LogP contribution >= 0.6 is 0 Å². The van der Waals surface area contributed by atoms with Gasteiger partial charge in [0.2, 0.25) is 0 Å². The normalized spacial score (nSPS) is 11.7. The summed E-state index contributed by atoms with van der Waals surface area (Å²) in [6.45, 7) is 3.67. The number of aromatic nitrogens is 4. The smallest absolute Gasteiger partial charge is 0.255 e. The summed E-state index contributed by atoms with van der Waals surface area (Å²) >= 11 is 0. The molecule has 0 aliphatic heterocycles. The first-order valence-corrected chi connectivity index (χ1v) is 8.46. The van der Waals surface area contributed by atoms with E-state index in [9.17, 15) is 9.59 Å². The lowest BCUT2D eigenvalue weighted by Crippen LogP contribution is -2.28. The Morgan fingerprint density at radius 2 is 1.78 bits per heavy atom. The van der Waals surface area contributed by atoms with Crippen LogP contribution in [0.1, 0.15) is 45.1 Å². The van der Waals surface area contributed by atoms with E-state index in [1.54, 1.807) is 56.4 Å². The summed E-state index contributed by atoms with van der Waals surface area (Å²) in [6.07, 6.45) is 0. The highest BCUT2D eigenvalue weighted by molar-refractivity contribution is 6.05. The van der Waals surface area contributed by atoms with Crippen molar-refractivity contribution in [2.75, 3.05) is 5.32 Å². The summed E-state index contributed by atoms with van der Waals surface area (Å²) in [6, 6.07) is 13.7. The fraction of sp³-hybridized carbons (Fsp3) is 0.211.